The van der Waals surface area contributed by atoms with E-state index in [0.29, 0.717) is 11.5 Å². The highest BCUT2D eigenvalue weighted by molar-refractivity contribution is 5.78. The third-order valence-electron chi connectivity index (χ3n) is 3.06. The lowest BCUT2D eigenvalue weighted by atomic mass is 10.0. The van der Waals surface area contributed by atoms with Gasteiger partial charge in [0.05, 0.1) is 13.3 Å². The van der Waals surface area contributed by atoms with Gasteiger partial charge in [-0.1, -0.05) is 13.8 Å². The van der Waals surface area contributed by atoms with Crippen molar-refractivity contribution < 1.29 is 9.47 Å². The molecule has 1 aromatic heterocycles. The Morgan fingerprint density at radius 1 is 1.22 bits per heavy atom. The maximum Gasteiger partial charge on any atom is 0.254 e. The number of anilines is 1. The van der Waals surface area contributed by atoms with E-state index in [4.69, 9.17) is 26.7 Å². The molecule has 2 aromatic rings. The van der Waals surface area contributed by atoms with Gasteiger partial charge in [-0.25, -0.2) is 4.98 Å². The molecule has 0 fully saturated rings. The summed E-state index contributed by atoms with van der Waals surface area (Å²) < 4.78 is 11.1. The van der Waals surface area contributed by atoms with E-state index in [9.17, 15) is 0 Å². The highest BCUT2D eigenvalue weighted by atomic mass is 16.5. The van der Waals surface area contributed by atoms with Crippen LogP contribution in [0.5, 0.6) is 17.2 Å². The van der Waals surface area contributed by atoms with Crippen molar-refractivity contribution in [2.75, 3.05) is 12.8 Å². The number of guanidine groups is 1. The molecular weight excluding hydrogens is 296 g/mol. The summed E-state index contributed by atoms with van der Waals surface area (Å²) in [6.07, 6.45) is 1.43. The lowest BCUT2D eigenvalue weighted by molar-refractivity contribution is 0.411. The van der Waals surface area contributed by atoms with Crippen molar-refractivity contribution in [3.05, 3.63) is 30.0 Å². The van der Waals surface area contributed by atoms with E-state index >= 15 is 0 Å². The van der Waals surface area contributed by atoms with Crippen LogP contribution in [0.15, 0.2) is 29.4 Å². The van der Waals surface area contributed by atoms with Gasteiger partial charge in [0.2, 0.25) is 0 Å². The Bertz CT molecular complexity index is 726. The molecule has 6 N–H and O–H groups in total. The predicted octanol–water partition coefficient (Wildman–Crippen LogP) is 1.89. The molecule has 8 heteroatoms. The molecule has 0 amide bonds. The Balaban J connectivity index is 2.34. The molecular formula is C15H20N6O2. The number of methoxy groups -OCH3 is 1. The number of aliphatic imine (C=N–C) groups is 1. The van der Waals surface area contributed by atoms with Crippen molar-refractivity contribution in [3.63, 3.8) is 0 Å². The fourth-order valence-electron chi connectivity index (χ4n) is 1.94. The Kier molecular flexibility index (Phi) is 4.85. The first-order chi connectivity index (χ1) is 10.9. The third kappa shape index (κ3) is 4.00. The van der Waals surface area contributed by atoms with Gasteiger partial charge in [0.25, 0.3) is 5.95 Å². The maximum absolute atomic E-state index is 5.88. The topological polar surface area (TPSA) is 135 Å². The molecule has 23 heavy (non-hydrogen) atoms. The van der Waals surface area contributed by atoms with Crippen LogP contribution in [0.4, 0.5) is 11.8 Å². The van der Waals surface area contributed by atoms with Crippen LogP contribution in [-0.4, -0.2) is 23.0 Å². The molecule has 0 spiro atoms. The Morgan fingerprint density at radius 3 is 2.52 bits per heavy atom. The number of nitrogens with zero attached hydrogens (tertiary/aromatic N) is 3. The van der Waals surface area contributed by atoms with Crippen LogP contribution >= 0.6 is 0 Å². The summed E-state index contributed by atoms with van der Waals surface area (Å²) in [5.74, 6) is 2.06. The summed E-state index contributed by atoms with van der Waals surface area (Å²) >= 11 is 0. The molecule has 0 saturated carbocycles. The van der Waals surface area contributed by atoms with Crippen LogP contribution < -0.4 is 26.7 Å². The van der Waals surface area contributed by atoms with Crippen molar-refractivity contribution in [3.8, 4) is 17.2 Å². The highest BCUT2D eigenvalue weighted by Gasteiger charge is 2.13. The van der Waals surface area contributed by atoms with Gasteiger partial charge in [-0.05, 0) is 24.1 Å². The second kappa shape index (κ2) is 6.82. The fourth-order valence-corrected chi connectivity index (χ4v) is 1.94. The van der Waals surface area contributed by atoms with Gasteiger partial charge in [0, 0.05) is 5.56 Å². The number of nitrogen functional groups attached to an aromatic ring is 1. The van der Waals surface area contributed by atoms with Crippen molar-refractivity contribution in [2.45, 2.75) is 19.8 Å². The first-order valence-electron chi connectivity index (χ1n) is 6.98. The standard InChI is InChI=1S/C15H20N6O2/c1-8(2)10-6-9(22-3)4-5-11(10)23-12-7-19-15(20-13(12)16)21-14(17)18/h4-8H,1-3H3,(H6,16,17,18,19,20,21). The molecule has 0 unspecified atom stereocenters. The van der Waals surface area contributed by atoms with Gasteiger partial charge < -0.3 is 26.7 Å². The lowest BCUT2D eigenvalue weighted by Gasteiger charge is -2.15. The molecule has 0 radical (unpaired) electrons. The molecule has 0 bridgehead atoms. The van der Waals surface area contributed by atoms with Crippen LogP contribution in [0, 0.1) is 0 Å². The van der Waals surface area contributed by atoms with Gasteiger partial charge in [0.15, 0.2) is 17.5 Å². The van der Waals surface area contributed by atoms with Crippen molar-refractivity contribution >= 4 is 17.7 Å². The minimum absolute atomic E-state index is 0.0775. The van der Waals surface area contributed by atoms with Gasteiger partial charge in [-0.15, -0.1) is 0 Å². The largest absolute Gasteiger partial charge is 0.497 e. The lowest BCUT2D eigenvalue weighted by Crippen LogP contribution is -2.22. The number of aromatic nitrogens is 2. The number of benzene rings is 1. The van der Waals surface area contributed by atoms with E-state index in [2.05, 4.69) is 28.8 Å². The zero-order chi connectivity index (χ0) is 17.0. The summed E-state index contributed by atoms with van der Waals surface area (Å²) in [6, 6.07) is 5.55. The number of nitrogens with two attached hydrogens (primary N) is 3. The molecule has 0 aliphatic heterocycles. The highest BCUT2D eigenvalue weighted by Crippen LogP contribution is 2.35. The molecule has 1 aromatic carbocycles. The van der Waals surface area contributed by atoms with E-state index in [0.717, 1.165) is 11.3 Å². The van der Waals surface area contributed by atoms with Crippen LogP contribution in [0.3, 0.4) is 0 Å². The summed E-state index contributed by atoms with van der Waals surface area (Å²) in [7, 11) is 1.62. The Hall–Kier alpha value is -3.03. The Morgan fingerprint density at radius 2 is 1.96 bits per heavy atom. The van der Waals surface area contributed by atoms with Crippen LogP contribution in [0.2, 0.25) is 0 Å². The van der Waals surface area contributed by atoms with Gasteiger partial charge in [-0.2, -0.15) is 9.98 Å². The zero-order valence-electron chi connectivity index (χ0n) is 13.3. The zero-order valence-corrected chi connectivity index (χ0v) is 13.3. The average molecular weight is 316 g/mol. The first kappa shape index (κ1) is 16.3. The smallest absolute Gasteiger partial charge is 0.254 e. The third-order valence-corrected chi connectivity index (χ3v) is 3.06. The minimum Gasteiger partial charge on any atom is -0.497 e. The SMILES string of the molecule is COc1ccc(Oc2cnc(N=C(N)N)nc2N)c(C(C)C)c1. The second-order valence-corrected chi connectivity index (χ2v) is 5.12. The number of rotatable bonds is 5. The molecule has 2 rings (SSSR count). The van der Waals surface area contributed by atoms with Gasteiger partial charge in [-0.3, -0.25) is 0 Å². The first-order valence-corrected chi connectivity index (χ1v) is 6.98. The molecule has 0 aliphatic carbocycles. The summed E-state index contributed by atoms with van der Waals surface area (Å²) in [4.78, 5) is 11.7. The number of hydrogen-bond acceptors (Lipinski definition) is 6. The summed E-state index contributed by atoms with van der Waals surface area (Å²) in [5.41, 5.74) is 17.4. The monoisotopic (exact) mass is 316 g/mol. The number of hydrogen-bond donors (Lipinski definition) is 3. The van der Waals surface area contributed by atoms with Crippen molar-refractivity contribution in [1.82, 2.24) is 9.97 Å². The quantitative estimate of drug-likeness (QED) is 0.566. The minimum atomic E-state index is -0.143. The van der Waals surface area contributed by atoms with E-state index in [-0.39, 0.29) is 23.6 Å². The molecule has 1 heterocycles. The average Bonchev–Trinajstić information content (AvgIpc) is 2.49. The van der Waals surface area contributed by atoms with Gasteiger partial charge >= 0.3 is 0 Å². The van der Waals surface area contributed by atoms with E-state index in [1.54, 1.807) is 7.11 Å². The maximum atomic E-state index is 5.88. The Labute approximate surface area is 134 Å². The van der Waals surface area contributed by atoms with E-state index in [1.807, 2.05) is 18.2 Å². The fraction of sp³-hybridized carbons (Fsp3) is 0.267. The second-order valence-electron chi connectivity index (χ2n) is 5.12. The molecule has 122 valence electrons. The normalized spacial score (nSPS) is 10.4. The van der Waals surface area contributed by atoms with Crippen LogP contribution in [0.25, 0.3) is 0 Å². The molecule has 0 saturated heterocycles. The van der Waals surface area contributed by atoms with Crippen molar-refractivity contribution in [1.29, 1.82) is 0 Å². The predicted molar refractivity (Wildman–Crippen MR) is 89.1 cm³/mol. The number of ether oxygens (including phenoxy) is 2. The van der Waals surface area contributed by atoms with Crippen molar-refractivity contribution in [2.24, 2.45) is 16.5 Å². The van der Waals surface area contributed by atoms with E-state index in [1.165, 1.54) is 6.20 Å². The summed E-state index contributed by atoms with van der Waals surface area (Å²) in [5, 5.41) is 0. The molecule has 0 atom stereocenters. The molecule has 0 aliphatic rings. The molecule has 8 nitrogen and oxygen atoms in total. The van der Waals surface area contributed by atoms with Gasteiger partial charge in [0.1, 0.15) is 11.5 Å². The van der Waals surface area contributed by atoms with E-state index < -0.39 is 0 Å². The van der Waals surface area contributed by atoms with Crippen LogP contribution in [0.1, 0.15) is 25.3 Å². The summed E-state index contributed by atoms with van der Waals surface area (Å²) in [6.45, 7) is 4.12. The van der Waals surface area contributed by atoms with Crippen LogP contribution in [-0.2, 0) is 0 Å².